The molecule has 5 aromatic rings. The smallest absolute Gasteiger partial charge is 0.272 e. The van der Waals surface area contributed by atoms with Crippen LogP contribution in [0.4, 0.5) is 10.8 Å². The van der Waals surface area contributed by atoms with E-state index in [9.17, 15) is 14.4 Å². The molecule has 0 fully saturated rings. The normalized spacial score (nSPS) is 11.8. The molecule has 0 saturated carbocycles. The number of halogens is 1. The molecule has 8 nitrogen and oxygen atoms in total. The Morgan fingerprint density at radius 3 is 2.48 bits per heavy atom. The number of nitrogens with zero attached hydrogens (tertiary/aromatic N) is 2. The van der Waals surface area contributed by atoms with Crippen LogP contribution in [0.2, 0.25) is 0 Å². The topological polar surface area (TPSA) is 113 Å². The van der Waals surface area contributed by atoms with Crippen molar-refractivity contribution in [2.45, 2.75) is 17.1 Å². The lowest BCUT2D eigenvalue weighted by molar-refractivity contribution is -0.115. The fraction of sp³-hybridized carbons (Fsp3) is 0.0606. The van der Waals surface area contributed by atoms with E-state index in [1.807, 2.05) is 48.7 Å². The number of thioether (sulfide) groups is 1. The number of thiazole rings is 1. The molecule has 44 heavy (non-hydrogen) atoms. The van der Waals surface area contributed by atoms with Gasteiger partial charge >= 0.3 is 0 Å². The summed E-state index contributed by atoms with van der Waals surface area (Å²) in [7, 11) is 0. The highest BCUT2D eigenvalue weighted by molar-refractivity contribution is 9.10. The van der Waals surface area contributed by atoms with Crippen LogP contribution in [0.15, 0.2) is 124 Å². The lowest BCUT2D eigenvalue weighted by Crippen LogP contribution is -2.30. The van der Waals surface area contributed by atoms with Gasteiger partial charge in [-0.15, -0.1) is 23.1 Å². The van der Waals surface area contributed by atoms with E-state index in [1.54, 1.807) is 73.1 Å². The van der Waals surface area contributed by atoms with Crippen molar-refractivity contribution in [3.63, 3.8) is 0 Å². The maximum Gasteiger partial charge on any atom is 0.272 e. The van der Waals surface area contributed by atoms with Crippen LogP contribution in [0.1, 0.15) is 22.8 Å². The average Bonchev–Trinajstić information content (AvgIpc) is 3.50. The molecular weight excluding hydrogens is 658 g/mol. The van der Waals surface area contributed by atoms with E-state index < -0.39 is 17.1 Å². The first-order valence-corrected chi connectivity index (χ1v) is 16.0. The van der Waals surface area contributed by atoms with Crippen LogP contribution in [0.5, 0.6) is 0 Å². The van der Waals surface area contributed by atoms with Gasteiger partial charge in [-0.05, 0) is 67.1 Å². The monoisotopic (exact) mass is 683 g/mol. The van der Waals surface area contributed by atoms with Gasteiger partial charge in [-0.3, -0.25) is 19.4 Å². The van der Waals surface area contributed by atoms with Crippen molar-refractivity contribution in [3.05, 3.63) is 130 Å². The Morgan fingerprint density at radius 1 is 0.932 bits per heavy atom. The van der Waals surface area contributed by atoms with Crippen molar-refractivity contribution < 1.29 is 14.4 Å². The third kappa shape index (κ3) is 8.50. The van der Waals surface area contributed by atoms with Crippen LogP contribution >= 0.6 is 39.0 Å². The number of carbonyl (C=O) groups is 3. The van der Waals surface area contributed by atoms with Crippen LogP contribution in [0.3, 0.4) is 0 Å². The molecule has 1 unspecified atom stereocenters. The Morgan fingerprint density at radius 2 is 1.73 bits per heavy atom. The third-order valence-electron chi connectivity index (χ3n) is 6.17. The quantitative estimate of drug-likeness (QED) is 0.104. The van der Waals surface area contributed by atoms with Crippen molar-refractivity contribution in [2.75, 3.05) is 10.6 Å². The van der Waals surface area contributed by atoms with Crippen LogP contribution in [0, 0.1) is 0 Å². The number of pyridine rings is 1. The number of anilines is 2. The summed E-state index contributed by atoms with van der Waals surface area (Å²) >= 11 is 6.15. The van der Waals surface area contributed by atoms with Crippen LogP contribution in [0.25, 0.3) is 17.3 Å². The maximum atomic E-state index is 13.4. The molecule has 5 rings (SSSR count). The van der Waals surface area contributed by atoms with Gasteiger partial charge in [0.05, 0.1) is 10.9 Å². The third-order valence-corrected chi connectivity index (χ3v) is 8.55. The minimum absolute atomic E-state index is 0.0589. The molecule has 11 heteroatoms. The highest BCUT2D eigenvalue weighted by Gasteiger charge is 2.18. The SMILES string of the molecule is CC(Sc1cccc(NC(=O)/C(=C/c2cccnc2)NC(=O)c2ccccc2)c1)C(=O)Nc1nc(-c2ccc(Br)cc2)cs1. The summed E-state index contributed by atoms with van der Waals surface area (Å²) in [5, 5.41) is 10.5. The van der Waals surface area contributed by atoms with E-state index in [2.05, 4.69) is 41.8 Å². The van der Waals surface area contributed by atoms with Gasteiger partial charge in [0, 0.05) is 44.0 Å². The van der Waals surface area contributed by atoms with Gasteiger partial charge in [-0.25, -0.2) is 4.98 Å². The van der Waals surface area contributed by atoms with Crippen molar-refractivity contribution in [1.82, 2.24) is 15.3 Å². The van der Waals surface area contributed by atoms with Crippen molar-refractivity contribution in [3.8, 4) is 11.3 Å². The van der Waals surface area contributed by atoms with Gasteiger partial charge in [0.2, 0.25) is 5.91 Å². The molecule has 0 radical (unpaired) electrons. The van der Waals surface area contributed by atoms with Crippen LogP contribution in [-0.4, -0.2) is 32.9 Å². The molecule has 3 amide bonds. The summed E-state index contributed by atoms with van der Waals surface area (Å²) < 4.78 is 0.982. The number of carbonyl (C=O) groups excluding carboxylic acids is 3. The number of hydrogen-bond acceptors (Lipinski definition) is 7. The van der Waals surface area contributed by atoms with E-state index >= 15 is 0 Å². The van der Waals surface area contributed by atoms with Gasteiger partial charge in [0.25, 0.3) is 11.8 Å². The molecule has 220 valence electrons. The van der Waals surface area contributed by atoms with Crippen molar-refractivity contribution in [2.24, 2.45) is 0 Å². The lowest BCUT2D eigenvalue weighted by Gasteiger charge is -2.13. The molecule has 0 spiro atoms. The van der Waals surface area contributed by atoms with Gasteiger partial charge in [0.15, 0.2) is 5.13 Å². The van der Waals surface area contributed by atoms with Gasteiger partial charge < -0.3 is 16.0 Å². The van der Waals surface area contributed by atoms with E-state index in [1.165, 1.54) is 23.1 Å². The molecule has 0 aliphatic rings. The Labute approximate surface area is 271 Å². The Bertz CT molecular complexity index is 1800. The number of nitrogens with one attached hydrogen (secondary N) is 3. The largest absolute Gasteiger partial charge is 0.321 e. The summed E-state index contributed by atoms with van der Waals surface area (Å²) in [6, 6.07) is 27.2. The number of hydrogen-bond donors (Lipinski definition) is 3. The fourth-order valence-electron chi connectivity index (χ4n) is 3.97. The Hall–Kier alpha value is -4.58. The molecule has 0 aliphatic carbocycles. The number of amides is 3. The zero-order valence-electron chi connectivity index (χ0n) is 23.4. The minimum Gasteiger partial charge on any atom is -0.321 e. The minimum atomic E-state index is -0.503. The van der Waals surface area contributed by atoms with Crippen molar-refractivity contribution in [1.29, 1.82) is 0 Å². The molecule has 1 atom stereocenters. The van der Waals surface area contributed by atoms with E-state index in [4.69, 9.17) is 0 Å². The maximum absolute atomic E-state index is 13.4. The Balaban J connectivity index is 1.24. The summed E-state index contributed by atoms with van der Waals surface area (Å²) in [6.45, 7) is 1.81. The molecule has 2 aromatic heterocycles. The van der Waals surface area contributed by atoms with E-state index in [-0.39, 0.29) is 11.6 Å². The zero-order valence-corrected chi connectivity index (χ0v) is 26.6. The summed E-state index contributed by atoms with van der Waals surface area (Å²) in [5.41, 5.74) is 3.40. The first-order valence-electron chi connectivity index (χ1n) is 13.4. The van der Waals surface area contributed by atoms with Crippen LogP contribution < -0.4 is 16.0 Å². The second-order valence-electron chi connectivity index (χ2n) is 9.44. The van der Waals surface area contributed by atoms with Crippen molar-refractivity contribution >= 4 is 73.6 Å². The zero-order chi connectivity index (χ0) is 30.9. The lowest BCUT2D eigenvalue weighted by atomic mass is 10.2. The number of rotatable bonds is 10. The number of benzene rings is 3. The summed E-state index contributed by atoms with van der Waals surface area (Å²) in [4.78, 5) is 48.6. The fourth-order valence-corrected chi connectivity index (χ4v) is 5.88. The van der Waals surface area contributed by atoms with Gasteiger partial charge in [-0.2, -0.15) is 0 Å². The first-order chi connectivity index (χ1) is 21.3. The molecule has 3 aromatic carbocycles. The van der Waals surface area contributed by atoms with Crippen LogP contribution in [-0.2, 0) is 9.59 Å². The second kappa shape index (κ2) is 14.7. The Kier molecular flexibility index (Phi) is 10.3. The molecule has 0 bridgehead atoms. The van der Waals surface area contributed by atoms with Gasteiger partial charge in [-0.1, -0.05) is 58.4 Å². The van der Waals surface area contributed by atoms with Gasteiger partial charge in [0.1, 0.15) is 5.70 Å². The van der Waals surface area contributed by atoms with E-state index in [0.29, 0.717) is 21.9 Å². The predicted octanol–water partition coefficient (Wildman–Crippen LogP) is 7.50. The average molecular weight is 685 g/mol. The van der Waals surface area contributed by atoms with E-state index in [0.717, 1.165) is 20.6 Å². The molecule has 2 heterocycles. The molecule has 0 aliphatic heterocycles. The summed E-state index contributed by atoms with van der Waals surface area (Å²) in [6.07, 6.45) is 4.79. The number of aromatic nitrogens is 2. The second-order valence-corrected chi connectivity index (χ2v) is 12.6. The standard InChI is InChI=1S/C33H26BrN5O3S2/c1-21(30(40)39-33-38-29(20-43-33)23-12-14-25(34)15-13-23)44-27-11-5-10-26(18-27)36-32(42)28(17-22-7-6-16-35-19-22)37-31(41)24-8-3-2-4-9-24/h2-21H,1H3,(H,36,42)(H,37,41)(H,38,39,40)/b28-17-. The first kappa shape index (κ1) is 30.9. The summed E-state index contributed by atoms with van der Waals surface area (Å²) in [5.74, 6) is -1.10. The highest BCUT2D eigenvalue weighted by Crippen LogP contribution is 2.29. The predicted molar refractivity (Wildman–Crippen MR) is 180 cm³/mol. The molecular formula is C33H26BrN5O3S2. The highest BCUT2D eigenvalue weighted by atomic mass is 79.9. The molecule has 3 N–H and O–H groups in total. The molecule has 0 saturated heterocycles.